The SMILES string of the molecule is FC(F)(F)c1cccc(C2=CC=C(Cl)NN2N2CCNCC2)c1. The Morgan fingerprint density at radius 1 is 1.09 bits per heavy atom. The largest absolute Gasteiger partial charge is 0.416 e. The van der Waals surface area contributed by atoms with Gasteiger partial charge in [-0.2, -0.15) is 18.2 Å². The van der Waals surface area contributed by atoms with E-state index in [2.05, 4.69) is 10.7 Å². The summed E-state index contributed by atoms with van der Waals surface area (Å²) in [5.74, 6) is 0. The lowest BCUT2D eigenvalue weighted by atomic mass is 10.1. The summed E-state index contributed by atoms with van der Waals surface area (Å²) in [4.78, 5) is 0. The second-order valence-corrected chi connectivity index (χ2v) is 5.68. The maximum Gasteiger partial charge on any atom is 0.416 e. The molecule has 2 N–H and O–H groups in total. The summed E-state index contributed by atoms with van der Waals surface area (Å²) in [7, 11) is 0. The van der Waals surface area contributed by atoms with Crippen molar-refractivity contribution in [1.29, 1.82) is 0 Å². The molecule has 0 radical (unpaired) electrons. The normalized spacial score (nSPS) is 19.9. The fourth-order valence-corrected chi connectivity index (χ4v) is 2.71. The molecular formula is C15H16ClF3N4. The van der Waals surface area contributed by atoms with E-state index in [-0.39, 0.29) is 0 Å². The minimum absolute atomic E-state index is 0.416. The molecule has 0 atom stereocenters. The van der Waals surface area contributed by atoms with Gasteiger partial charge in [-0.05, 0) is 24.3 Å². The highest BCUT2D eigenvalue weighted by molar-refractivity contribution is 6.29. The van der Waals surface area contributed by atoms with Crippen LogP contribution in [0, 0.1) is 0 Å². The van der Waals surface area contributed by atoms with E-state index in [4.69, 9.17) is 11.6 Å². The Labute approximate surface area is 137 Å². The Bertz CT molecular complexity index is 636. The van der Waals surface area contributed by atoms with Crippen molar-refractivity contribution in [3.8, 4) is 0 Å². The predicted octanol–water partition coefficient (Wildman–Crippen LogP) is 2.77. The second-order valence-electron chi connectivity index (χ2n) is 5.27. The summed E-state index contributed by atoms with van der Waals surface area (Å²) >= 11 is 6.03. The maximum atomic E-state index is 12.9. The predicted molar refractivity (Wildman–Crippen MR) is 82.8 cm³/mol. The van der Waals surface area contributed by atoms with Gasteiger partial charge in [-0.3, -0.25) is 5.43 Å². The maximum absolute atomic E-state index is 12.9. The molecular weight excluding hydrogens is 329 g/mol. The number of hydrazine groups is 2. The van der Waals surface area contributed by atoms with Gasteiger partial charge in [0.1, 0.15) is 5.16 Å². The van der Waals surface area contributed by atoms with E-state index in [0.29, 0.717) is 16.4 Å². The molecule has 1 aromatic rings. The lowest BCUT2D eigenvalue weighted by molar-refractivity contribution is -0.137. The zero-order valence-corrected chi connectivity index (χ0v) is 13.0. The van der Waals surface area contributed by atoms with Crippen LogP contribution in [-0.4, -0.2) is 36.3 Å². The number of hydrogen-bond donors (Lipinski definition) is 2. The summed E-state index contributed by atoms with van der Waals surface area (Å²) in [6, 6.07) is 5.29. The van der Waals surface area contributed by atoms with Crippen molar-refractivity contribution in [1.82, 2.24) is 20.9 Å². The number of benzene rings is 1. The molecule has 2 heterocycles. The van der Waals surface area contributed by atoms with Gasteiger partial charge in [0.05, 0.1) is 11.3 Å². The molecule has 0 amide bonds. The molecule has 4 nitrogen and oxygen atoms in total. The van der Waals surface area contributed by atoms with E-state index in [1.165, 1.54) is 6.07 Å². The molecule has 0 aromatic heterocycles. The molecule has 0 aliphatic carbocycles. The van der Waals surface area contributed by atoms with Gasteiger partial charge in [0, 0.05) is 31.7 Å². The van der Waals surface area contributed by atoms with Crippen molar-refractivity contribution in [3.05, 3.63) is 52.7 Å². The number of alkyl halides is 3. The number of nitrogens with zero attached hydrogens (tertiary/aromatic N) is 2. The van der Waals surface area contributed by atoms with Crippen molar-refractivity contribution in [2.75, 3.05) is 26.2 Å². The fourth-order valence-electron chi connectivity index (χ4n) is 2.57. The Balaban J connectivity index is 1.94. The van der Waals surface area contributed by atoms with E-state index in [1.54, 1.807) is 23.3 Å². The molecule has 2 aliphatic rings. The molecule has 124 valence electrons. The molecule has 0 bridgehead atoms. The number of piperazine rings is 1. The van der Waals surface area contributed by atoms with Gasteiger partial charge in [0.2, 0.25) is 0 Å². The number of allylic oxidation sites excluding steroid dienone is 2. The van der Waals surface area contributed by atoms with Crippen molar-refractivity contribution in [2.24, 2.45) is 0 Å². The van der Waals surface area contributed by atoms with Crippen LogP contribution in [0.3, 0.4) is 0 Å². The fraction of sp³-hybridized carbons (Fsp3) is 0.333. The van der Waals surface area contributed by atoms with E-state index < -0.39 is 11.7 Å². The summed E-state index contributed by atoms with van der Waals surface area (Å²) in [5, 5.41) is 7.39. The van der Waals surface area contributed by atoms with Crippen LogP contribution in [-0.2, 0) is 6.18 Å². The van der Waals surface area contributed by atoms with E-state index in [1.807, 2.05) is 5.01 Å². The van der Waals surface area contributed by atoms with Crippen LogP contribution in [0.1, 0.15) is 11.1 Å². The van der Waals surface area contributed by atoms with Gasteiger partial charge in [-0.25, -0.2) is 5.12 Å². The van der Waals surface area contributed by atoms with Crippen molar-refractivity contribution < 1.29 is 13.2 Å². The van der Waals surface area contributed by atoms with Gasteiger partial charge in [0.25, 0.3) is 0 Å². The number of hydrogen-bond acceptors (Lipinski definition) is 4. The van der Waals surface area contributed by atoms with Gasteiger partial charge >= 0.3 is 6.18 Å². The Hall–Kier alpha value is -1.70. The molecule has 1 aromatic carbocycles. The summed E-state index contributed by atoms with van der Waals surface area (Å²) < 4.78 is 38.8. The number of nitrogens with one attached hydrogen (secondary N) is 2. The van der Waals surface area contributed by atoms with Gasteiger partial charge < -0.3 is 5.32 Å². The average Bonchev–Trinajstić information content (AvgIpc) is 2.55. The standard InChI is InChI=1S/C15H16ClF3N4/c16-14-5-4-13(23(21-14)22-8-6-20-7-9-22)11-2-1-3-12(10-11)15(17,18)19/h1-5,10,20-21H,6-9H2. The first kappa shape index (κ1) is 16.2. The summed E-state index contributed by atoms with van der Waals surface area (Å²) in [6.45, 7) is 3.06. The Kier molecular flexibility index (Phi) is 4.52. The molecule has 2 aliphatic heterocycles. The van der Waals surface area contributed by atoms with Crippen LogP contribution < -0.4 is 10.7 Å². The number of rotatable bonds is 2. The van der Waals surface area contributed by atoms with E-state index in [0.717, 1.165) is 38.3 Å². The first-order valence-electron chi connectivity index (χ1n) is 7.22. The highest BCUT2D eigenvalue weighted by atomic mass is 35.5. The molecule has 0 spiro atoms. The Morgan fingerprint density at radius 3 is 2.52 bits per heavy atom. The third-order valence-corrected chi connectivity index (χ3v) is 3.90. The molecule has 0 saturated carbocycles. The van der Waals surface area contributed by atoms with Gasteiger partial charge in [-0.1, -0.05) is 23.7 Å². The summed E-state index contributed by atoms with van der Waals surface area (Å²) in [6.07, 6.45) is -1.02. The lowest BCUT2D eigenvalue weighted by Crippen LogP contribution is -2.56. The highest BCUT2D eigenvalue weighted by Crippen LogP contribution is 2.32. The molecule has 23 heavy (non-hydrogen) atoms. The van der Waals surface area contributed by atoms with Crippen LogP contribution >= 0.6 is 11.6 Å². The van der Waals surface area contributed by atoms with Crippen LogP contribution in [0.4, 0.5) is 13.2 Å². The van der Waals surface area contributed by atoms with Crippen LogP contribution in [0.15, 0.2) is 41.6 Å². The van der Waals surface area contributed by atoms with Crippen LogP contribution in [0.2, 0.25) is 0 Å². The topological polar surface area (TPSA) is 30.5 Å². The average molecular weight is 345 g/mol. The lowest BCUT2D eigenvalue weighted by Gasteiger charge is -2.41. The second kappa shape index (κ2) is 6.43. The molecule has 0 unspecified atom stereocenters. The molecule has 1 saturated heterocycles. The van der Waals surface area contributed by atoms with Crippen molar-refractivity contribution >= 4 is 17.3 Å². The first-order chi connectivity index (χ1) is 10.9. The zero-order valence-electron chi connectivity index (χ0n) is 12.2. The smallest absolute Gasteiger partial charge is 0.314 e. The third kappa shape index (κ3) is 3.63. The van der Waals surface area contributed by atoms with Crippen LogP contribution in [0.5, 0.6) is 0 Å². The van der Waals surface area contributed by atoms with E-state index >= 15 is 0 Å². The molecule has 3 rings (SSSR count). The van der Waals surface area contributed by atoms with Crippen molar-refractivity contribution in [3.63, 3.8) is 0 Å². The Morgan fingerprint density at radius 2 is 1.83 bits per heavy atom. The third-order valence-electron chi connectivity index (χ3n) is 3.69. The minimum Gasteiger partial charge on any atom is -0.314 e. The first-order valence-corrected chi connectivity index (χ1v) is 7.60. The minimum atomic E-state index is -4.37. The summed E-state index contributed by atoms with van der Waals surface area (Å²) in [5.41, 5.74) is 3.44. The van der Waals surface area contributed by atoms with Crippen molar-refractivity contribution in [2.45, 2.75) is 6.18 Å². The molecule has 1 fully saturated rings. The number of halogens is 4. The zero-order chi connectivity index (χ0) is 16.4. The van der Waals surface area contributed by atoms with Gasteiger partial charge in [-0.15, -0.1) is 0 Å². The quantitative estimate of drug-likeness (QED) is 0.808. The molecule has 8 heteroatoms. The van der Waals surface area contributed by atoms with Gasteiger partial charge in [0.15, 0.2) is 0 Å². The monoisotopic (exact) mass is 344 g/mol. The highest BCUT2D eigenvalue weighted by Gasteiger charge is 2.31. The van der Waals surface area contributed by atoms with Crippen LogP contribution in [0.25, 0.3) is 5.70 Å². The van der Waals surface area contributed by atoms with E-state index in [9.17, 15) is 13.2 Å².